The van der Waals surface area contributed by atoms with Gasteiger partial charge in [0, 0.05) is 20.0 Å². The number of benzene rings is 1. The lowest BCUT2D eigenvalue weighted by atomic mass is 10.2. The largest absolute Gasteiger partial charge is 0.492 e. The van der Waals surface area contributed by atoms with Gasteiger partial charge in [-0.05, 0) is 31.9 Å². The summed E-state index contributed by atoms with van der Waals surface area (Å²) < 4.78 is 10.3. The predicted molar refractivity (Wildman–Crippen MR) is 96.5 cm³/mol. The Hall–Kier alpha value is -2.24. The molecule has 0 radical (unpaired) electrons. The lowest BCUT2D eigenvalue weighted by Gasteiger charge is -2.12. The quantitative estimate of drug-likeness (QED) is 0.297. The molecule has 6 nitrogen and oxygen atoms in total. The molecule has 0 aromatic heterocycles. The highest BCUT2D eigenvalue weighted by atomic mass is 16.5. The molecule has 0 atom stereocenters. The van der Waals surface area contributed by atoms with Crippen LogP contribution in [0.15, 0.2) is 29.3 Å². The highest BCUT2D eigenvalue weighted by Gasteiger charge is 2.00. The van der Waals surface area contributed by atoms with Crippen LogP contribution < -0.4 is 15.4 Å². The molecular formula is C18H29N3O3. The van der Waals surface area contributed by atoms with Crippen LogP contribution in [0.4, 0.5) is 0 Å². The third-order valence-corrected chi connectivity index (χ3v) is 3.49. The average Bonchev–Trinajstić information content (AvgIpc) is 2.60. The number of hydrogen-bond donors (Lipinski definition) is 2. The molecule has 0 unspecified atom stereocenters. The second-order valence-electron chi connectivity index (χ2n) is 5.47. The molecule has 2 N–H and O–H groups in total. The van der Waals surface area contributed by atoms with E-state index in [1.165, 1.54) is 12.7 Å². The number of carbonyl (C=O) groups is 1. The molecule has 0 aliphatic rings. The summed E-state index contributed by atoms with van der Waals surface area (Å²) in [5.41, 5.74) is 1.22. The molecule has 0 amide bonds. The van der Waals surface area contributed by atoms with Gasteiger partial charge in [-0.15, -0.1) is 0 Å². The lowest BCUT2D eigenvalue weighted by molar-refractivity contribution is -0.140. The van der Waals surface area contributed by atoms with Gasteiger partial charge in [0.15, 0.2) is 5.96 Å². The van der Waals surface area contributed by atoms with Crippen LogP contribution >= 0.6 is 0 Å². The predicted octanol–water partition coefficient (Wildman–Crippen LogP) is 2.27. The highest BCUT2D eigenvalue weighted by Crippen LogP contribution is 2.10. The Kier molecular flexibility index (Phi) is 10.1. The summed E-state index contributed by atoms with van der Waals surface area (Å²) in [7, 11) is 3.16. The van der Waals surface area contributed by atoms with E-state index in [9.17, 15) is 4.79 Å². The fraction of sp³-hybridized carbons (Fsp3) is 0.556. The molecule has 0 spiro atoms. The zero-order valence-corrected chi connectivity index (χ0v) is 14.9. The van der Waals surface area contributed by atoms with Gasteiger partial charge in [0.05, 0.1) is 13.7 Å². The van der Waals surface area contributed by atoms with Gasteiger partial charge in [-0.3, -0.25) is 9.79 Å². The number of rotatable bonds is 10. The minimum absolute atomic E-state index is 0.144. The molecule has 0 bridgehead atoms. The molecule has 24 heavy (non-hydrogen) atoms. The van der Waals surface area contributed by atoms with Gasteiger partial charge < -0.3 is 20.1 Å². The summed E-state index contributed by atoms with van der Waals surface area (Å²) in [6.07, 6.45) is 3.30. The Morgan fingerprint density at radius 1 is 1.08 bits per heavy atom. The molecule has 0 saturated heterocycles. The maximum atomic E-state index is 11.0. The topological polar surface area (TPSA) is 72.0 Å². The van der Waals surface area contributed by atoms with Crippen molar-refractivity contribution in [3.05, 3.63) is 29.8 Å². The molecular weight excluding hydrogens is 306 g/mol. The summed E-state index contributed by atoms with van der Waals surface area (Å²) >= 11 is 0. The van der Waals surface area contributed by atoms with Crippen molar-refractivity contribution in [2.45, 2.75) is 32.6 Å². The van der Waals surface area contributed by atoms with Crippen LogP contribution in [-0.4, -0.2) is 45.8 Å². The Morgan fingerprint density at radius 3 is 2.46 bits per heavy atom. The number of ether oxygens (including phenoxy) is 2. The second-order valence-corrected chi connectivity index (χ2v) is 5.47. The Morgan fingerprint density at radius 2 is 1.79 bits per heavy atom. The first-order chi connectivity index (χ1) is 11.7. The first-order valence-corrected chi connectivity index (χ1v) is 8.36. The smallest absolute Gasteiger partial charge is 0.305 e. The van der Waals surface area contributed by atoms with Crippen LogP contribution in [0.3, 0.4) is 0 Å². The van der Waals surface area contributed by atoms with Crippen molar-refractivity contribution in [3.63, 3.8) is 0 Å². The second kappa shape index (κ2) is 12.2. The van der Waals surface area contributed by atoms with Crippen LogP contribution in [-0.2, 0) is 9.53 Å². The summed E-state index contributed by atoms with van der Waals surface area (Å²) in [4.78, 5) is 15.2. The first kappa shape index (κ1) is 19.8. The number of unbranched alkanes of at least 4 members (excludes halogenated alkanes) is 2. The molecule has 0 heterocycles. The minimum atomic E-state index is -0.144. The maximum absolute atomic E-state index is 11.0. The number of guanidine groups is 1. The fourth-order valence-electron chi connectivity index (χ4n) is 2.07. The summed E-state index contributed by atoms with van der Waals surface area (Å²) in [6, 6.07) is 8.00. The standard InChI is InChI=1S/C18H29N3O3/c1-15-8-10-16(11-9-15)24-14-13-21-18(19-2)20-12-6-4-5-7-17(22)23-3/h8-11H,4-7,12-14H2,1-3H3,(H2,19,20,21). The Bertz CT molecular complexity index is 501. The van der Waals surface area contributed by atoms with Crippen molar-refractivity contribution in [1.82, 2.24) is 10.6 Å². The summed E-state index contributed by atoms with van der Waals surface area (Å²) in [5.74, 6) is 1.49. The van der Waals surface area contributed by atoms with Crippen LogP contribution in [0, 0.1) is 6.92 Å². The van der Waals surface area contributed by atoms with Crippen LogP contribution in [0.5, 0.6) is 5.75 Å². The van der Waals surface area contributed by atoms with Crippen molar-refractivity contribution in [2.24, 2.45) is 4.99 Å². The van der Waals surface area contributed by atoms with Gasteiger partial charge in [0.1, 0.15) is 12.4 Å². The maximum Gasteiger partial charge on any atom is 0.305 e. The van der Waals surface area contributed by atoms with Gasteiger partial charge >= 0.3 is 5.97 Å². The zero-order valence-electron chi connectivity index (χ0n) is 14.9. The molecule has 1 aromatic rings. The number of nitrogens with zero attached hydrogens (tertiary/aromatic N) is 1. The van der Waals surface area contributed by atoms with Gasteiger partial charge in [0.25, 0.3) is 0 Å². The highest BCUT2D eigenvalue weighted by molar-refractivity contribution is 5.79. The van der Waals surface area contributed by atoms with E-state index in [1.54, 1.807) is 7.05 Å². The van der Waals surface area contributed by atoms with Gasteiger partial charge in [0.2, 0.25) is 0 Å². The van der Waals surface area contributed by atoms with E-state index < -0.39 is 0 Å². The number of nitrogens with one attached hydrogen (secondary N) is 2. The molecule has 0 fully saturated rings. The third kappa shape index (κ3) is 9.02. The molecule has 1 aromatic carbocycles. The number of methoxy groups -OCH3 is 1. The third-order valence-electron chi connectivity index (χ3n) is 3.49. The van der Waals surface area contributed by atoms with E-state index in [0.717, 1.165) is 37.5 Å². The van der Waals surface area contributed by atoms with Gasteiger partial charge in [-0.2, -0.15) is 0 Å². The van der Waals surface area contributed by atoms with Crippen molar-refractivity contribution in [3.8, 4) is 5.75 Å². The lowest BCUT2D eigenvalue weighted by Crippen LogP contribution is -2.39. The van der Waals surface area contributed by atoms with E-state index in [0.29, 0.717) is 19.6 Å². The molecule has 6 heteroatoms. The molecule has 0 aliphatic carbocycles. The van der Waals surface area contributed by atoms with Gasteiger partial charge in [-0.25, -0.2) is 0 Å². The fourth-order valence-corrected chi connectivity index (χ4v) is 2.07. The van der Waals surface area contributed by atoms with E-state index in [-0.39, 0.29) is 5.97 Å². The van der Waals surface area contributed by atoms with Crippen molar-refractivity contribution in [1.29, 1.82) is 0 Å². The number of aliphatic imine (C=N–C) groups is 1. The normalized spacial score (nSPS) is 11.0. The van der Waals surface area contributed by atoms with E-state index in [1.807, 2.05) is 24.3 Å². The number of carbonyl (C=O) groups excluding carboxylic acids is 1. The number of aryl methyl sites for hydroxylation is 1. The van der Waals surface area contributed by atoms with E-state index >= 15 is 0 Å². The van der Waals surface area contributed by atoms with Crippen LogP contribution in [0.1, 0.15) is 31.2 Å². The Balaban J connectivity index is 2.06. The number of hydrogen-bond acceptors (Lipinski definition) is 4. The molecule has 134 valence electrons. The van der Waals surface area contributed by atoms with Crippen molar-refractivity contribution >= 4 is 11.9 Å². The monoisotopic (exact) mass is 335 g/mol. The van der Waals surface area contributed by atoms with Crippen molar-refractivity contribution < 1.29 is 14.3 Å². The van der Waals surface area contributed by atoms with Gasteiger partial charge in [-0.1, -0.05) is 24.1 Å². The number of esters is 1. The van der Waals surface area contributed by atoms with Crippen molar-refractivity contribution in [2.75, 3.05) is 33.9 Å². The molecule has 1 rings (SSSR count). The summed E-state index contributed by atoms with van der Waals surface area (Å²) in [6.45, 7) is 4.12. The average molecular weight is 335 g/mol. The van der Waals surface area contributed by atoms with E-state index in [4.69, 9.17) is 4.74 Å². The molecule has 0 saturated carbocycles. The molecule has 0 aliphatic heterocycles. The van der Waals surface area contributed by atoms with Crippen LogP contribution in [0.25, 0.3) is 0 Å². The minimum Gasteiger partial charge on any atom is -0.492 e. The van der Waals surface area contributed by atoms with Crippen LogP contribution in [0.2, 0.25) is 0 Å². The Labute approximate surface area is 144 Å². The van der Waals surface area contributed by atoms with E-state index in [2.05, 4.69) is 27.3 Å². The zero-order chi connectivity index (χ0) is 17.6. The first-order valence-electron chi connectivity index (χ1n) is 8.36. The summed E-state index contributed by atoms with van der Waals surface area (Å²) in [5, 5.41) is 6.45. The SMILES string of the molecule is CN=C(NCCCCCC(=O)OC)NCCOc1ccc(C)cc1.